The molecule has 2 unspecified atom stereocenters. The number of nitrogens with zero attached hydrogens (tertiary/aromatic N) is 1. The highest BCUT2D eigenvalue weighted by molar-refractivity contribution is 6.19. The van der Waals surface area contributed by atoms with Crippen LogP contribution in [0.4, 0.5) is 0 Å². The van der Waals surface area contributed by atoms with Gasteiger partial charge in [-0.1, -0.05) is 23.7 Å². The monoisotopic (exact) mass is 334 g/mol. The zero-order valence-corrected chi connectivity index (χ0v) is 13.6. The first-order chi connectivity index (χ1) is 11.2. The van der Waals surface area contributed by atoms with Crippen molar-refractivity contribution >= 4 is 11.6 Å². The van der Waals surface area contributed by atoms with Gasteiger partial charge in [0.1, 0.15) is 17.9 Å². The number of hydrogen-bond acceptors (Lipinski definition) is 5. The summed E-state index contributed by atoms with van der Waals surface area (Å²) in [6, 6.07) is 11.6. The highest BCUT2D eigenvalue weighted by atomic mass is 35.5. The van der Waals surface area contributed by atoms with Gasteiger partial charge in [0.15, 0.2) is 0 Å². The smallest absolute Gasteiger partial charge is 0.213 e. The fraction of sp³-hybridized carbons (Fsp3) is 0.353. The topological polar surface area (TPSA) is 52.6 Å². The average Bonchev–Trinajstić information content (AvgIpc) is 2.61. The molecule has 1 aromatic carbocycles. The van der Waals surface area contributed by atoms with Crippen LogP contribution >= 0.6 is 11.6 Å². The molecule has 0 radical (unpaired) electrons. The molecule has 122 valence electrons. The maximum absolute atomic E-state index is 6.03. The Bertz CT molecular complexity index is 636. The maximum Gasteiger partial charge on any atom is 0.213 e. The largest absolute Gasteiger partial charge is 0.497 e. The van der Waals surface area contributed by atoms with E-state index < -0.39 is 0 Å². The van der Waals surface area contributed by atoms with Gasteiger partial charge in [-0.05, 0) is 29.3 Å². The summed E-state index contributed by atoms with van der Waals surface area (Å²) in [7, 11) is 1.65. The molecule has 1 fully saturated rings. The Morgan fingerprint density at radius 3 is 2.83 bits per heavy atom. The summed E-state index contributed by atoms with van der Waals surface area (Å²) in [6.45, 7) is 1.83. The number of methoxy groups -OCH3 is 1. The fourth-order valence-corrected chi connectivity index (χ4v) is 2.62. The van der Waals surface area contributed by atoms with Gasteiger partial charge in [0.25, 0.3) is 0 Å². The normalized spacial score (nSPS) is 21.0. The van der Waals surface area contributed by atoms with Gasteiger partial charge in [0, 0.05) is 25.4 Å². The van der Waals surface area contributed by atoms with Gasteiger partial charge < -0.3 is 19.5 Å². The van der Waals surface area contributed by atoms with E-state index in [1.807, 2.05) is 36.4 Å². The molecule has 3 rings (SSSR count). The van der Waals surface area contributed by atoms with Gasteiger partial charge in [-0.3, -0.25) is 0 Å². The number of hydrogen-bond donors (Lipinski definition) is 1. The summed E-state index contributed by atoms with van der Waals surface area (Å²) in [5.74, 6) is 1.39. The molecule has 1 N–H and O–H groups in total. The minimum atomic E-state index is -0.314. The van der Waals surface area contributed by atoms with Crippen LogP contribution < -0.4 is 14.8 Å². The lowest BCUT2D eigenvalue weighted by Gasteiger charge is -2.27. The van der Waals surface area contributed by atoms with Crippen molar-refractivity contribution in [1.82, 2.24) is 10.3 Å². The molecule has 1 saturated heterocycles. The molecule has 2 heterocycles. The molecule has 1 aromatic heterocycles. The maximum atomic E-state index is 6.03. The van der Waals surface area contributed by atoms with E-state index in [1.54, 1.807) is 13.3 Å². The summed E-state index contributed by atoms with van der Waals surface area (Å²) in [4.78, 5) is 4.25. The van der Waals surface area contributed by atoms with Crippen LogP contribution in [0.3, 0.4) is 0 Å². The van der Waals surface area contributed by atoms with Crippen LogP contribution in [-0.2, 0) is 11.3 Å². The van der Waals surface area contributed by atoms with E-state index >= 15 is 0 Å². The van der Waals surface area contributed by atoms with E-state index in [-0.39, 0.29) is 11.7 Å². The van der Waals surface area contributed by atoms with Crippen LogP contribution in [0.15, 0.2) is 42.6 Å². The fourth-order valence-electron chi connectivity index (χ4n) is 2.38. The van der Waals surface area contributed by atoms with Crippen molar-refractivity contribution in [1.29, 1.82) is 0 Å². The zero-order valence-electron chi connectivity index (χ0n) is 12.9. The summed E-state index contributed by atoms with van der Waals surface area (Å²) >= 11 is 6.03. The highest BCUT2D eigenvalue weighted by Crippen LogP contribution is 2.25. The summed E-state index contributed by atoms with van der Waals surface area (Å²) in [6.07, 6.45) is 1.64. The van der Waals surface area contributed by atoms with Crippen LogP contribution in [0.2, 0.25) is 0 Å². The van der Waals surface area contributed by atoms with Crippen molar-refractivity contribution in [3.8, 4) is 11.6 Å². The van der Waals surface area contributed by atoms with Crippen LogP contribution in [-0.4, -0.2) is 30.7 Å². The van der Waals surface area contributed by atoms with Crippen LogP contribution in [0.1, 0.15) is 17.2 Å². The average molecular weight is 335 g/mol. The number of benzene rings is 1. The number of alkyl halides is 1. The van der Waals surface area contributed by atoms with E-state index in [2.05, 4.69) is 10.3 Å². The lowest BCUT2D eigenvalue weighted by Crippen LogP contribution is -2.37. The van der Waals surface area contributed by atoms with Crippen LogP contribution in [0.25, 0.3) is 0 Å². The van der Waals surface area contributed by atoms with Crippen molar-refractivity contribution in [2.45, 2.75) is 18.3 Å². The predicted molar refractivity (Wildman–Crippen MR) is 87.9 cm³/mol. The standard InChI is InChI=1S/C17H19ClN2O3/c1-21-14-4-2-12(3-5-14)11-22-17-8-13(6-7-20-17)15-9-19-10-16(18)23-15/h2-8,15-16,19H,9-11H2,1H3. The first-order valence-electron chi connectivity index (χ1n) is 7.46. The van der Waals surface area contributed by atoms with Crippen LogP contribution in [0, 0.1) is 0 Å². The SMILES string of the molecule is COc1ccc(COc2cc(C3CNCC(Cl)O3)ccn2)cc1. The number of nitrogens with one attached hydrogen (secondary N) is 1. The van der Waals surface area contributed by atoms with E-state index in [9.17, 15) is 0 Å². The second-order valence-electron chi connectivity index (χ2n) is 5.26. The highest BCUT2D eigenvalue weighted by Gasteiger charge is 2.22. The minimum Gasteiger partial charge on any atom is -0.497 e. The molecule has 2 aromatic rings. The van der Waals surface area contributed by atoms with E-state index in [4.69, 9.17) is 25.8 Å². The molecule has 2 atom stereocenters. The molecular formula is C17H19ClN2O3. The molecule has 0 spiro atoms. The Morgan fingerprint density at radius 2 is 2.09 bits per heavy atom. The first-order valence-corrected chi connectivity index (χ1v) is 7.90. The number of ether oxygens (including phenoxy) is 3. The van der Waals surface area contributed by atoms with Crippen molar-refractivity contribution < 1.29 is 14.2 Å². The number of rotatable bonds is 5. The quantitative estimate of drug-likeness (QED) is 0.852. The lowest BCUT2D eigenvalue weighted by molar-refractivity contribution is 0.00343. The second-order valence-corrected chi connectivity index (χ2v) is 5.74. The molecular weight excluding hydrogens is 316 g/mol. The first kappa shape index (κ1) is 16.1. The summed E-state index contributed by atoms with van der Waals surface area (Å²) in [5.41, 5.74) is 1.74. The predicted octanol–water partition coefficient (Wildman–Crippen LogP) is 2.90. The number of pyridine rings is 1. The Hall–Kier alpha value is -1.82. The Labute approximate surface area is 140 Å². The number of halogens is 1. The Kier molecular flexibility index (Phi) is 5.33. The van der Waals surface area contributed by atoms with Crippen molar-refractivity contribution in [3.05, 3.63) is 53.7 Å². The third-order valence-corrected chi connectivity index (χ3v) is 3.88. The van der Waals surface area contributed by atoms with Crippen molar-refractivity contribution in [2.75, 3.05) is 20.2 Å². The van der Waals surface area contributed by atoms with Gasteiger partial charge >= 0.3 is 0 Å². The Balaban J connectivity index is 1.62. The molecule has 1 aliphatic rings. The third kappa shape index (κ3) is 4.34. The zero-order chi connectivity index (χ0) is 16.1. The van der Waals surface area contributed by atoms with E-state index in [1.165, 1.54) is 0 Å². The summed E-state index contributed by atoms with van der Waals surface area (Å²) < 4.78 is 16.6. The molecule has 0 amide bonds. The van der Waals surface area contributed by atoms with Gasteiger partial charge in [0.05, 0.1) is 13.2 Å². The number of aromatic nitrogens is 1. The second kappa shape index (κ2) is 7.64. The molecule has 5 nitrogen and oxygen atoms in total. The molecule has 6 heteroatoms. The Morgan fingerprint density at radius 1 is 1.26 bits per heavy atom. The molecule has 0 bridgehead atoms. The lowest BCUT2D eigenvalue weighted by atomic mass is 10.1. The van der Waals surface area contributed by atoms with Crippen molar-refractivity contribution in [3.63, 3.8) is 0 Å². The van der Waals surface area contributed by atoms with Gasteiger partial charge in [-0.15, -0.1) is 0 Å². The van der Waals surface area contributed by atoms with Gasteiger partial charge in [-0.2, -0.15) is 0 Å². The van der Waals surface area contributed by atoms with Crippen LogP contribution in [0.5, 0.6) is 11.6 Å². The van der Waals surface area contributed by atoms with Gasteiger partial charge in [0.2, 0.25) is 5.88 Å². The van der Waals surface area contributed by atoms with Crippen molar-refractivity contribution in [2.24, 2.45) is 0 Å². The molecule has 0 saturated carbocycles. The molecule has 23 heavy (non-hydrogen) atoms. The molecule has 1 aliphatic heterocycles. The minimum absolute atomic E-state index is 0.0856. The van der Waals surface area contributed by atoms with Gasteiger partial charge in [-0.25, -0.2) is 4.98 Å². The number of morpholine rings is 1. The van der Waals surface area contributed by atoms with E-state index in [0.717, 1.165) is 23.4 Å². The third-order valence-electron chi connectivity index (χ3n) is 3.62. The van der Waals surface area contributed by atoms with E-state index in [0.29, 0.717) is 19.0 Å². The summed E-state index contributed by atoms with van der Waals surface area (Å²) in [5, 5.41) is 3.24. The molecule has 0 aliphatic carbocycles.